The molecule has 6 atom stereocenters. The van der Waals surface area contributed by atoms with Crippen molar-refractivity contribution in [3.63, 3.8) is 0 Å². The topological polar surface area (TPSA) is 89.0 Å². The van der Waals surface area contributed by atoms with Crippen LogP contribution in [0.4, 0.5) is 0 Å². The van der Waals surface area contributed by atoms with Crippen molar-refractivity contribution in [1.29, 1.82) is 0 Å². The number of carbonyl (C=O) groups excluding carboxylic acids is 2. The van der Waals surface area contributed by atoms with Gasteiger partial charge < -0.3 is 14.6 Å². The molecule has 0 bridgehead atoms. The number of ketones is 1. The van der Waals surface area contributed by atoms with E-state index in [0.29, 0.717) is 12.8 Å². The van der Waals surface area contributed by atoms with Crippen molar-refractivity contribution in [2.45, 2.75) is 111 Å². The predicted molar refractivity (Wildman–Crippen MR) is 134 cm³/mol. The number of hydrogen-bond donors (Lipinski definition) is 1. The number of ether oxygens (including phenoxy) is 2. The van der Waals surface area contributed by atoms with Gasteiger partial charge >= 0.3 is 5.97 Å². The number of Topliss-reactive ketones (excluding diaryl/α,β-unsaturated/α-hetero) is 1. The normalized spacial score (nSPS) is 36.0. The Balaban J connectivity index is 1.81. The van der Waals surface area contributed by atoms with Crippen LogP contribution in [0.25, 0.3) is 6.08 Å². The van der Waals surface area contributed by atoms with Crippen LogP contribution in [-0.2, 0) is 19.1 Å². The van der Waals surface area contributed by atoms with Gasteiger partial charge in [-0.2, -0.15) is 0 Å². The summed E-state index contributed by atoms with van der Waals surface area (Å²) in [6.07, 6.45) is 4.68. The van der Waals surface area contributed by atoms with Crippen LogP contribution in [0.3, 0.4) is 0 Å². The first kappa shape index (κ1) is 27.0. The number of hydrogen-bond acceptors (Lipinski definition) is 7. The van der Waals surface area contributed by atoms with Gasteiger partial charge in [-0.15, -0.1) is 11.3 Å². The first-order chi connectivity index (χ1) is 15.8. The Morgan fingerprint density at radius 3 is 2.59 bits per heavy atom. The molecule has 2 fully saturated rings. The second-order valence-corrected chi connectivity index (χ2v) is 12.3. The molecule has 0 spiro atoms. The van der Waals surface area contributed by atoms with E-state index >= 15 is 0 Å². The Morgan fingerprint density at radius 1 is 1.24 bits per heavy atom. The lowest BCUT2D eigenvalue weighted by molar-refractivity contribution is -0.149. The zero-order valence-corrected chi connectivity index (χ0v) is 22.5. The predicted octanol–water partition coefficient (Wildman–Crippen LogP) is 5.51. The fourth-order valence-electron chi connectivity index (χ4n) is 5.07. The molecule has 0 amide bonds. The van der Waals surface area contributed by atoms with E-state index in [9.17, 15) is 14.7 Å². The van der Waals surface area contributed by atoms with Crippen LogP contribution in [0, 0.1) is 24.2 Å². The third-order valence-electron chi connectivity index (χ3n) is 7.72. The van der Waals surface area contributed by atoms with E-state index in [0.717, 1.165) is 35.5 Å². The number of thiazole rings is 1. The third-order valence-corrected chi connectivity index (χ3v) is 8.51. The Labute approximate surface area is 208 Å². The van der Waals surface area contributed by atoms with Crippen molar-refractivity contribution in [3.8, 4) is 0 Å². The Bertz CT molecular complexity index is 922. The Morgan fingerprint density at radius 2 is 1.94 bits per heavy atom. The molecule has 1 aromatic heterocycles. The van der Waals surface area contributed by atoms with Crippen LogP contribution in [0.2, 0.25) is 0 Å². The Hall–Kier alpha value is -1.57. The van der Waals surface area contributed by atoms with E-state index in [1.807, 2.05) is 46.1 Å². The van der Waals surface area contributed by atoms with Gasteiger partial charge in [0.25, 0.3) is 0 Å². The molecule has 7 heteroatoms. The summed E-state index contributed by atoms with van der Waals surface area (Å²) in [7, 11) is 0. The molecule has 0 unspecified atom stereocenters. The van der Waals surface area contributed by atoms with E-state index < -0.39 is 23.5 Å². The fourth-order valence-corrected chi connectivity index (χ4v) is 5.64. The summed E-state index contributed by atoms with van der Waals surface area (Å²) in [4.78, 5) is 30.6. The summed E-state index contributed by atoms with van der Waals surface area (Å²) in [5.41, 5.74) is 0.856. The van der Waals surface area contributed by atoms with E-state index in [1.165, 1.54) is 0 Å². The molecule has 6 nitrogen and oxygen atoms in total. The van der Waals surface area contributed by atoms with Crippen molar-refractivity contribution < 1.29 is 24.2 Å². The minimum absolute atomic E-state index is 0.00387. The number of aliphatic hydroxyl groups is 1. The quantitative estimate of drug-likeness (QED) is 0.434. The smallest absolute Gasteiger partial charge is 0.306 e. The third kappa shape index (κ3) is 6.55. The van der Waals surface area contributed by atoms with Gasteiger partial charge in [0.2, 0.25) is 0 Å². The van der Waals surface area contributed by atoms with Crippen molar-refractivity contribution in [1.82, 2.24) is 4.98 Å². The molecule has 34 heavy (non-hydrogen) atoms. The number of nitrogens with zero attached hydrogens (tertiary/aromatic N) is 1. The van der Waals surface area contributed by atoms with Crippen molar-refractivity contribution in [3.05, 3.63) is 21.7 Å². The molecule has 2 aliphatic rings. The number of esters is 1. The SMILES string of the molecule is C/C(=C/c1csc(C)n1)[C@@H]1C[C@@H]2O[C@]2(C)CCC[C@H](C)[C@H](O)[C@@H](C)C(=O)C(C)(C)CCC(=O)O1. The number of fused-ring (bicyclic) bond motifs is 1. The highest BCUT2D eigenvalue weighted by molar-refractivity contribution is 7.09. The van der Waals surface area contributed by atoms with Crippen LogP contribution in [0.15, 0.2) is 11.0 Å². The molecule has 2 saturated heterocycles. The number of aryl methyl sites for hydroxylation is 1. The van der Waals surface area contributed by atoms with E-state index in [1.54, 1.807) is 18.3 Å². The van der Waals surface area contributed by atoms with Gasteiger partial charge in [0, 0.05) is 29.6 Å². The number of aliphatic hydroxyl groups excluding tert-OH is 1. The van der Waals surface area contributed by atoms with Gasteiger partial charge in [-0.25, -0.2) is 4.98 Å². The number of rotatable bonds is 2. The second-order valence-electron chi connectivity index (χ2n) is 11.2. The maximum atomic E-state index is 13.2. The monoisotopic (exact) mass is 491 g/mol. The highest BCUT2D eigenvalue weighted by Gasteiger charge is 2.52. The second kappa shape index (κ2) is 10.6. The highest BCUT2D eigenvalue weighted by Crippen LogP contribution is 2.45. The number of epoxide rings is 1. The minimum Gasteiger partial charge on any atom is -0.458 e. The van der Waals surface area contributed by atoms with Gasteiger partial charge in [0.15, 0.2) is 0 Å². The average molecular weight is 492 g/mol. The van der Waals surface area contributed by atoms with Crippen LogP contribution in [0.1, 0.15) is 90.8 Å². The minimum atomic E-state index is -0.715. The molecule has 0 saturated carbocycles. The lowest BCUT2D eigenvalue weighted by Crippen LogP contribution is -2.39. The first-order valence-electron chi connectivity index (χ1n) is 12.5. The number of cyclic esters (lactones) is 1. The van der Waals surface area contributed by atoms with Gasteiger partial charge in [0.05, 0.1) is 28.5 Å². The molecule has 0 aliphatic carbocycles. The summed E-state index contributed by atoms with van der Waals surface area (Å²) < 4.78 is 12.0. The number of aromatic nitrogens is 1. The summed E-state index contributed by atoms with van der Waals surface area (Å²) in [6.45, 7) is 13.6. The molecule has 0 aromatic carbocycles. The van der Waals surface area contributed by atoms with Crippen LogP contribution >= 0.6 is 11.3 Å². The maximum Gasteiger partial charge on any atom is 0.306 e. The molecule has 190 valence electrons. The Kier molecular flexibility index (Phi) is 8.42. The standard InChI is InChI=1S/C27H41NO5S/c1-16-9-8-11-27(7)22(33-27)14-21(17(2)13-20-15-34-19(4)28-20)32-23(29)10-12-26(5,6)25(31)18(3)24(16)30/h13,15-16,18,21-22,24,30H,8-12,14H2,1-7H3/b17-13-/t16-,18+,21-,22-,24-,27+/m0/s1. The lowest BCUT2D eigenvalue weighted by atomic mass is 9.74. The van der Waals surface area contributed by atoms with E-state index in [2.05, 4.69) is 11.9 Å². The molecule has 1 N–H and O–H groups in total. The van der Waals surface area contributed by atoms with Crippen LogP contribution in [-0.4, -0.2) is 45.8 Å². The van der Waals surface area contributed by atoms with E-state index in [4.69, 9.17) is 9.47 Å². The largest absolute Gasteiger partial charge is 0.458 e. The van der Waals surface area contributed by atoms with Crippen LogP contribution < -0.4 is 0 Å². The molecule has 3 heterocycles. The molecule has 2 aliphatic heterocycles. The average Bonchev–Trinajstić information content (AvgIpc) is 3.21. The van der Waals surface area contributed by atoms with Gasteiger partial charge in [-0.1, -0.05) is 34.1 Å². The molecule has 3 rings (SSSR count). The summed E-state index contributed by atoms with van der Waals surface area (Å²) in [5.74, 6) is -0.776. The molecular formula is C27H41NO5S. The summed E-state index contributed by atoms with van der Waals surface area (Å²) >= 11 is 1.59. The molecule has 0 radical (unpaired) electrons. The maximum absolute atomic E-state index is 13.2. The highest BCUT2D eigenvalue weighted by atomic mass is 32.1. The summed E-state index contributed by atoms with van der Waals surface area (Å²) in [5, 5.41) is 13.8. The zero-order valence-electron chi connectivity index (χ0n) is 21.7. The summed E-state index contributed by atoms with van der Waals surface area (Å²) in [6, 6.07) is 0. The van der Waals surface area contributed by atoms with E-state index in [-0.39, 0.29) is 35.8 Å². The number of carbonyl (C=O) groups is 2. The molecular weight excluding hydrogens is 450 g/mol. The van der Waals surface area contributed by atoms with Crippen molar-refractivity contribution >= 4 is 29.2 Å². The van der Waals surface area contributed by atoms with Gasteiger partial charge in [0.1, 0.15) is 11.9 Å². The van der Waals surface area contributed by atoms with Crippen molar-refractivity contribution in [2.75, 3.05) is 0 Å². The van der Waals surface area contributed by atoms with Crippen LogP contribution in [0.5, 0.6) is 0 Å². The molecule has 1 aromatic rings. The lowest BCUT2D eigenvalue weighted by Gasteiger charge is -2.31. The van der Waals surface area contributed by atoms with Gasteiger partial charge in [-0.3, -0.25) is 9.59 Å². The fraction of sp³-hybridized carbons (Fsp3) is 0.741. The first-order valence-corrected chi connectivity index (χ1v) is 13.4. The van der Waals surface area contributed by atoms with Crippen molar-refractivity contribution in [2.24, 2.45) is 17.3 Å². The zero-order chi connectivity index (χ0) is 25.3. The van der Waals surface area contributed by atoms with Gasteiger partial charge in [-0.05, 0) is 57.6 Å².